The average molecular weight is 264 g/mol. The van der Waals surface area contributed by atoms with Crippen molar-refractivity contribution >= 4 is 11.8 Å². The molecule has 0 aliphatic carbocycles. The van der Waals surface area contributed by atoms with Crippen molar-refractivity contribution in [1.82, 2.24) is 0 Å². The summed E-state index contributed by atoms with van der Waals surface area (Å²) < 4.78 is 15.6. The van der Waals surface area contributed by atoms with Crippen LogP contribution in [0, 0.1) is 5.92 Å². The topological polar surface area (TPSA) is 61.8 Å². The van der Waals surface area contributed by atoms with E-state index >= 15 is 0 Å². The van der Waals surface area contributed by atoms with E-state index in [0.29, 0.717) is 23.5 Å². The highest BCUT2D eigenvalue weighted by atomic mass is 16.5. The van der Waals surface area contributed by atoms with Gasteiger partial charge in [-0.25, -0.2) is 0 Å². The van der Waals surface area contributed by atoms with E-state index in [2.05, 4.69) is 0 Å². The fourth-order valence-electron chi connectivity index (χ4n) is 2.08. The van der Waals surface area contributed by atoms with Crippen LogP contribution in [-0.2, 0) is 9.53 Å². The molecule has 0 aromatic heterocycles. The molecule has 102 valence electrons. The van der Waals surface area contributed by atoms with Gasteiger partial charge in [0.05, 0.1) is 25.9 Å². The Kier molecular flexibility index (Phi) is 4.04. The molecule has 1 aliphatic rings. The summed E-state index contributed by atoms with van der Waals surface area (Å²) in [5.41, 5.74) is 0.370. The number of ketones is 1. The zero-order valence-electron chi connectivity index (χ0n) is 11.0. The lowest BCUT2D eigenvalue weighted by Crippen LogP contribution is -2.26. The number of rotatable bonds is 3. The van der Waals surface area contributed by atoms with Gasteiger partial charge >= 0.3 is 5.97 Å². The van der Waals surface area contributed by atoms with Crippen molar-refractivity contribution in [2.45, 2.75) is 13.3 Å². The van der Waals surface area contributed by atoms with Crippen LogP contribution < -0.4 is 9.47 Å². The van der Waals surface area contributed by atoms with Gasteiger partial charge in [-0.2, -0.15) is 0 Å². The molecule has 0 fully saturated rings. The normalized spacial score (nSPS) is 18.0. The van der Waals surface area contributed by atoms with Crippen LogP contribution in [-0.4, -0.2) is 32.1 Å². The number of ether oxygens (including phenoxy) is 3. The molecule has 0 bridgehead atoms. The van der Waals surface area contributed by atoms with Crippen molar-refractivity contribution in [3.05, 3.63) is 23.8 Å². The summed E-state index contributed by atoms with van der Waals surface area (Å²) in [5, 5.41) is 0. The fraction of sp³-hybridized carbons (Fsp3) is 0.429. The van der Waals surface area contributed by atoms with Crippen molar-refractivity contribution in [1.29, 1.82) is 0 Å². The Morgan fingerprint density at radius 1 is 1.47 bits per heavy atom. The summed E-state index contributed by atoms with van der Waals surface area (Å²) in [6, 6.07) is 5.06. The molecule has 0 radical (unpaired) electrons. The summed E-state index contributed by atoms with van der Waals surface area (Å²) >= 11 is 0. The second kappa shape index (κ2) is 5.73. The van der Waals surface area contributed by atoms with Crippen LogP contribution in [0.4, 0.5) is 0 Å². The van der Waals surface area contributed by atoms with Crippen molar-refractivity contribution < 1.29 is 23.8 Å². The van der Waals surface area contributed by atoms with Crippen LogP contribution in [0.5, 0.6) is 11.5 Å². The van der Waals surface area contributed by atoms with Gasteiger partial charge in [-0.3, -0.25) is 9.59 Å². The summed E-state index contributed by atoms with van der Waals surface area (Å²) in [7, 11) is 1.51. The number of hydrogen-bond donors (Lipinski definition) is 0. The van der Waals surface area contributed by atoms with Crippen LogP contribution in [0.1, 0.15) is 23.7 Å². The van der Waals surface area contributed by atoms with Gasteiger partial charge in [0.25, 0.3) is 0 Å². The molecular formula is C14H16O5. The van der Waals surface area contributed by atoms with Gasteiger partial charge < -0.3 is 14.2 Å². The molecule has 1 aromatic rings. The van der Waals surface area contributed by atoms with E-state index in [-0.39, 0.29) is 19.0 Å². The Hall–Kier alpha value is -2.04. The van der Waals surface area contributed by atoms with Gasteiger partial charge in [0, 0.05) is 6.42 Å². The van der Waals surface area contributed by atoms with Crippen LogP contribution in [0.15, 0.2) is 18.2 Å². The minimum Gasteiger partial charge on any atom is -0.493 e. The smallest absolute Gasteiger partial charge is 0.316 e. The minimum atomic E-state index is -0.798. The first-order chi connectivity index (χ1) is 9.19. The number of benzene rings is 1. The monoisotopic (exact) mass is 264 g/mol. The quantitative estimate of drug-likeness (QED) is 0.615. The molecular weight excluding hydrogens is 248 g/mol. The summed E-state index contributed by atoms with van der Waals surface area (Å²) in [4.78, 5) is 24.2. The molecule has 0 amide bonds. The predicted molar refractivity (Wildman–Crippen MR) is 67.6 cm³/mol. The summed E-state index contributed by atoms with van der Waals surface area (Å²) in [6.45, 7) is 2.25. The van der Waals surface area contributed by atoms with E-state index in [1.807, 2.05) is 0 Å². The maximum Gasteiger partial charge on any atom is 0.316 e. The maximum atomic E-state index is 12.4. The third-order valence-electron chi connectivity index (χ3n) is 3.00. The second-order valence-electron chi connectivity index (χ2n) is 4.14. The molecule has 2 rings (SSSR count). The Labute approximate surface area is 111 Å². The molecule has 5 heteroatoms. The van der Waals surface area contributed by atoms with Gasteiger partial charge in [0.15, 0.2) is 17.3 Å². The molecule has 0 saturated carbocycles. The predicted octanol–water partition coefficient (Wildman–Crippen LogP) is 1.84. The minimum absolute atomic E-state index is 0.258. The second-order valence-corrected chi connectivity index (χ2v) is 4.14. The molecule has 0 saturated heterocycles. The van der Waals surface area contributed by atoms with Gasteiger partial charge in [0.1, 0.15) is 5.92 Å². The van der Waals surface area contributed by atoms with Crippen molar-refractivity contribution in [3.63, 3.8) is 0 Å². The number of fused-ring (bicyclic) bond motifs is 1. The third kappa shape index (κ3) is 2.54. The van der Waals surface area contributed by atoms with E-state index in [4.69, 9.17) is 14.2 Å². The third-order valence-corrected chi connectivity index (χ3v) is 3.00. The number of carbonyl (C=O) groups is 2. The van der Waals surface area contributed by atoms with Crippen LogP contribution in [0.3, 0.4) is 0 Å². The molecule has 0 N–H and O–H groups in total. The van der Waals surface area contributed by atoms with Crippen LogP contribution in [0.25, 0.3) is 0 Å². The number of hydrogen-bond acceptors (Lipinski definition) is 5. The summed E-state index contributed by atoms with van der Waals surface area (Å²) in [6.07, 6.45) is 0.315. The molecule has 0 spiro atoms. The Morgan fingerprint density at radius 2 is 2.26 bits per heavy atom. The highest BCUT2D eigenvalue weighted by Gasteiger charge is 2.34. The van der Waals surface area contributed by atoms with E-state index in [1.165, 1.54) is 7.11 Å². The molecule has 19 heavy (non-hydrogen) atoms. The lowest BCUT2D eigenvalue weighted by molar-refractivity contribution is -0.146. The molecule has 1 heterocycles. The van der Waals surface area contributed by atoms with E-state index in [9.17, 15) is 9.59 Å². The lowest BCUT2D eigenvalue weighted by atomic mass is 9.95. The molecule has 1 aromatic carbocycles. The highest BCUT2D eigenvalue weighted by molar-refractivity contribution is 6.10. The van der Waals surface area contributed by atoms with Crippen molar-refractivity contribution in [2.24, 2.45) is 5.92 Å². The first kappa shape index (κ1) is 13.4. The zero-order chi connectivity index (χ0) is 13.8. The van der Waals surface area contributed by atoms with Gasteiger partial charge in [0.2, 0.25) is 0 Å². The first-order valence-corrected chi connectivity index (χ1v) is 6.19. The first-order valence-electron chi connectivity index (χ1n) is 6.19. The van der Waals surface area contributed by atoms with E-state index in [1.54, 1.807) is 25.1 Å². The van der Waals surface area contributed by atoms with Crippen LogP contribution >= 0.6 is 0 Å². The average Bonchev–Trinajstić information content (AvgIpc) is 2.58. The van der Waals surface area contributed by atoms with E-state index in [0.717, 1.165) is 0 Å². The van der Waals surface area contributed by atoms with Gasteiger partial charge in [-0.05, 0) is 19.1 Å². The number of para-hydroxylation sites is 1. The van der Waals surface area contributed by atoms with Crippen LogP contribution in [0.2, 0.25) is 0 Å². The largest absolute Gasteiger partial charge is 0.493 e. The fourth-order valence-corrected chi connectivity index (χ4v) is 2.08. The Balaban J connectivity index is 2.37. The van der Waals surface area contributed by atoms with Crippen molar-refractivity contribution in [2.75, 3.05) is 20.3 Å². The number of esters is 1. The number of Topliss-reactive ketones (excluding diaryl/α,β-unsaturated/α-hetero) is 1. The molecule has 1 atom stereocenters. The Morgan fingerprint density at radius 3 is 2.95 bits per heavy atom. The lowest BCUT2D eigenvalue weighted by Gasteiger charge is -2.11. The highest BCUT2D eigenvalue weighted by Crippen LogP contribution is 2.35. The van der Waals surface area contributed by atoms with Gasteiger partial charge in [-0.15, -0.1) is 0 Å². The molecule has 1 aliphatic heterocycles. The maximum absolute atomic E-state index is 12.4. The van der Waals surface area contributed by atoms with Gasteiger partial charge in [-0.1, -0.05) is 6.07 Å². The SMILES string of the molecule is CCOC(=O)C1CCOc2c(OC)cccc2C1=O. The zero-order valence-corrected chi connectivity index (χ0v) is 11.0. The standard InChI is InChI=1S/C14H16O5/c1-3-18-14(16)10-7-8-19-13-9(12(10)15)5-4-6-11(13)17-2/h4-6,10H,3,7-8H2,1-2H3. The van der Waals surface area contributed by atoms with Crippen molar-refractivity contribution in [3.8, 4) is 11.5 Å². The van der Waals surface area contributed by atoms with E-state index < -0.39 is 11.9 Å². The number of methoxy groups -OCH3 is 1. The Bertz CT molecular complexity index is 495. The summed E-state index contributed by atoms with van der Waals surface area (Å²) in [5.74, 6) is -0.665. The molecule has 1 unspecified atom stereocenters. The molecule has 5 nitrogen and oxygen atoms in total. The number of carbonyl (C=O) groups excluding carboxylic acids is 2.